The Morgan fingerprint density at radius 3 is 2.43 bits per heavy atom. The highest BCUT2D eigenvalue weighted by atomic mass is 32.2. The molecule has 0 aliphatic rings. The number of rotatable bonds is 6. The second-order valence-electron chi connectivity index (χ2n) is 4.47. The molecule has 0 saturated heterocycles. The van der Waals surface area contributed by atoms with Crippen molar-refractivity contribution in [3.8, 4) is 0 Å². The largest absolute Gasteiger partial charge is 0.330 e. The molecule has 1 aromatic carbocycles. The first-order valence-corrected chi connectivity index (χ1v) is 7.89. The van der Waals surface area contributed by atoms with Gasteiger partial charge in [0.15, 0.2) is 5.82 Å². The van der Waals surface area contributed by atoms with Crippen LogP contribution < -0.4 is 10.5 Å². The molecule has 7 heteroatoms. The molecule has 1 aromatic heterocycles. The first kappa shape index (κ1) is 15.6. The number of sulfonamides is 1. The minimum absolute atomic E-state index is 0.0707. The third kappa shape index (κ3) is 4.07. The van der Waals surface area contributed by atoms with Crippen molar-refractivity contribution >= 4 is 10.0 Å². The molecule has 112 valence electrons. The molecular weight excluding hydrogens is 293 g/mol. The summed E-state index contributed by atoms with van der Waals surface area (Å²) >= 11 is 0. The van der Waals surface area contributed by atoms with Crippen LogP contribution in [0.1, 0.15) is 11.1 Å². The number of aromatic nitrogens is 1. The summed E-state index contributed by atoms with van der Waals surface area (Å²) in [5.41, 5.74) is 7.32. The minimum atomic E-state index is -3.97. The molecule has 0 aliphatic heterocycles. The van der Waals surface area contributed by atoms with Crippen molar-refractivity contribution in [2.24, 2.45) is 5.73 Å². The van der Waals surface area contributed by atoms with Gasteiger partial charge in [-0.25, -0.2) is 22.5 Å². The normalized spacial score (nSPS) is 11.5. The van der Waals surface area contributed by atoms with Crippen molar-refractivity contribution in [1.29, 1.82) is 0 Å². The summed E-state index contributed by atoms with van der Waals surface area (Å²) in [4.78, 5) is 3.56. The Bertz CT molecular complexity index is 702. The molecule has 0 fully saturated rings. The van der Waals surface area contributed by atoms with Crippen LogP contribution in [0.3, 0.4) is 0 Å². The van der Waals surface area contributed by atoms with Gasteiger partial charge in [-0.15, -0.1) is 0 Å². The monoisotopic (exact) mass is 309 g/mol. The summed E-state index contributed by atoms with van der Waals surface area (Å²) in [6.07, 6.45) is 2.00. The van der Waals surface area contributed by atoms with E-state index < -0.39 is 20.9 Å². The molecule has 0 aliphatic carbocycles. The van der Waals surface area contributed by atoms with Crippen LogP contribution >= 0.6 is 0 Å². The first-order valence-electron chi connectivity index (χ1n) is 6.41. The van der Waals surface area contributed by atoms with Crippen molar-refractivity contribution in [3.63, 3.8) is 0 Å². The molecule has 0 bridgehead atoms. The highest BCUT2D eigenvalue weighted by molar-refractivity contribution is 7.89. The number of benzene rings is 1. The number of pyridine rings is 1. The molecule has 0 amide bonds. The molecule has 1 heterocycles. The van der Waals surface area contributed by atoms with Crippen molar-refractivity contribution < 1.29 is 12.8 Å². The fourth-order valence-electron chi connectivity index (χ4n) is 1.81. The minimum Gasteiger partial charge on any atom is -0.330 e. The van der Waals surface area contributed by atoms with Crippen LogP contribution in [0.25, 0.3) is 0 Å². The van der Waals surface area contributed by atoms with Gasteiger partial charge in [-0.3, -0.25) is 0 Å². The molecule has 0 unspecified atom stereocenters. The van der Waals surface area contributed by atoms with E-state index in [-0.39, 0.29) is 6.54 Å². The second kappa shape index (κ2) is 6.75. The van der Waals surface area contributed by atoms with Crippen LogP contribution in [-0.2, 0) is 23.0 Å². The van der Waals surface area contributed by atoms with Gasteiger partial charge in [0, 0.05) is 12.7 Å². The van der Waals surface area contributed by atoms with Gasteiger partial charge in [0.1, 0.15) is 0 Å². The smallest absolute Gasteiger partial charge is 0.261 e. The van der Waals surface area contributed by atoms with Crippen molar-refractivity contribution in [3.05, 3.63) is 59.5 Å². The Morgan fingerprint density at radius 1 is 1.14 bits per heavy atom. The zero-order valence-corrected chi connectivity index (χ0v) is 12.1. The third-order valence-electron chi connectivity index (χ3n) is 2.90. The van der Waals surface area contributed by atoms with E-state index in [0.717, 1.165) is 23.6 Å². The quantitative estimate of drug-likeness (QED) is 0.839. The maximum Gasteiger partial charge on any atom is 0.261 e. The lowest BCUT2D eigenvalue weighted by molar-refractivity contribution is 0.544. The fraction of sp³-hybridized carbons (Fsp3) is 0.214. The van der Waals surface area contributed by atoms with Crippen LogP contribution in [0, 0.1) is 5.82 Å². The van der Waals surface area contributed by atoms with Crippen LogP contribution in [0.15, 0.2) is 47.6 Å². The summed E-state index contributed by atoms with van der Waals surface area (Å²) in [5, 5.41) is -0.593. The molecule has 0 spiro atoms. The van der Waals surface area contributed by atoms with Crippen LogP contribution in [0.4, 0.5) is 4.39 Å². The van der Waals surface area contributed by atoms with Crippen LogP contribution in [0.5, 0.6) is 0 Å². The van der Waals surface area contributed by atoms with E-state index in [0.29, 0.717) is 6.54 Å². The molecule has 0 saturated carbocycles. The van der Waals surface area contributed by atoms with Crippen molar-refractivity contribution in [2.45, 2.75) is 18.0 Å². The van der Waals surface area contributed by atoms with Gasteiger partial charge in [0.25, 0.3) is 10.0 Å². The molecule has 21 heavy (non-hydrogen) atoms. The average molecular weight is 309 g/mol. The van der Waals surface area contributed by atoms with E-state index in [4.69, 9.17) is 5.73 Å². The molecule has 2 aromatic rings. The lowest BCUT2D eigenvalue weighted by atomic mass is 10.1. The van der Waals surface area contributed by atoms with E-state index in [9.17, 15) is 12.8 Å². The molecule has 2 rings (SSSR count). The Balaban J connectivity index is 2.07. The van der Waals surface area contributed by atoms with Gasteiger partial charge in [0.05, 0.1) is 0 Å². The summed E-state index contributed by atoms with van der Waals surface area (Å²) < 4.78 is 39.7. The fourth-order valence-corrected chi connectivity index (χ4v) is 2.82. The van der Waals surface area contributed by atoms with E-state index in [1.165, 1.54) is 12.3 Å². The SMILES string of the molecule is NCCc1ccc(CNS(=O)(=O)c2ncccc2F)cc1. The molecule has 3 N–H and O–H groups in total. The summed E-state index contributed by atoms with van der Waals surface area (Å²) in [5.74, 6) is -0.872. The van der Waals surface area contributed by atoms with E-state index in [2.05, 4.69) is 9.71 Å². The van der Waals surface area contributed by atoms with Crippen molar-refractivity contribution in [1.82, 2.24) is 9.71 Å². The zero-order valence-electron chi connectivity index (χ0n) is 11.3. The summed E-state index contributed by atoms with van der Waals surface area (Å²) in [6.45, 7) is 0.631. The molecular formula is C14H16FN3O2S. The summed E-state index contributed by atoms with van der Waals surface area (Å²) in [7, 11) is -3.97. The number of nitrogens with zero attached hydrogens (tertiary/aromatic N) is 1. The lowest BCUT2D eigenvalue weighted by Gasteiger charge is -2.07. The highest BCUT2D eigenvalue weighted by Crippen LogP contribution is 2.11. The molecule has 0 radical (unpaired) electrons. The molecule has 5 nitrogen and oxygen atoms in total. The predicted octanol–water partition coefficient (Wildman–Crippen LogP) is 1.20. The standard InChI is InChI=1S/C14H16FN3O2S/c15-13-2-1-9-17-14(13)21(19,20)18-10-12-5-3-11(4-6-12)7-8-16/h1-6,9,18H,7-8,10,16H2. The van der Waals surface area contributed by atoms with Gasteiger partial charge >= 0.3 is 0 Å². The molecule has 0 atom stereocenters. The second-order valence-corrected chi connectivity index (χ2v) is 6.15. The number of nitrogens with one attached hydrogen (secondary N) is 1. The van der Waals surface area contributed by atoms with Gasteiger partial charge in [-0.1, -0.05) is 24.3 Å². The van der Waals surface area contributed by atoms with Crippen LogP contribution in [0.2, 0.25) is 0 Å². The van der Waals surface area contributed by atoms with E-state index in [1.54, 1.807) is 0 Å². The first-order chi connectivity index (χ1) is 10.0. The zero-order chi connectivity index (χ0) is 15.3. The number of nitrogens with two attached hydrogens (primary N) is 1. The topological polar surface area (TPSA) is 85.1 Å². The summed E-state index contributed by atoms with van der Waals surface area (Å²) in [6, 6.07) is 9.79. The number of hydrogen-bond acceptors (Lipinski definition) is 4. The Morgan fingerprint density at radius 2 is 1.81 bits per heavy atom. The Labute approximate surface area is 123 Å². The van der Waals surface area contributed by atoms with E-state index >= 15 is 0 Å². The van der Waals surface area contributed by atoms with Crippen LogP contribution in [-0.4, -0.2) is 19.9 Å². The maximum atomic E-state index is 13.5. The third-order valence-corrected chi connectivity index (χ3v) is 4.24. The van der Waals surface area contributed by atoms with Gasteiger partial charge in [-0.05, 0) is 36.2 Å². The highest BCUT2D eigenvalue weighted by Gasteiger charge is 2.19. The van der Waals surface area contributed by atoms with Gasteiger partial charge in [-0.2, -0.15) is 0 Å². The van der Waals surface area contributed by atoms with Crippen molar-refractivity contribution in [2.75, 3.05) is 6.54 Å². The van der Waals surface area contributed by atoms with Gasteiger partial charge < -0.3 is 5.73 Å². The predicted molar refractivity (Wildman–Crippen MR) is 77.4 cm³/mol. The maximum absolute atomic E-state index is 13.5. The Kier molecular flexibility index (Phi) is 5.00. The number of halogens is 1. The van der Waals surface area contributed by atoms with Gasteiger partial charge in [0.2, 0.25) is 5.03 Å². The lowest BCUT2D eigenvalue weighted by Crippen LogP contribution is -2.25. The Hall–Kier alpha value is -1.83. The number of hydrogen-bond donors (Lipinski definition) is 2. The van der Waals surface area contributed by atoms with E-state index in [1.807, 2.05) is 24.3 Å². The average Bonchev–Trinajstić information content (AvgIpc) is 2.47.